The highest BCUT2D eigenvalue weighted by Gasteiger charge is 2.30. The van der Waals surface area contributed by atoms with Crippen LogP contribution in [0, 0.1) is 6.90 Å². The number of ketones is 2. The van der Waals surface area contributed by atoms with Crippen LogP contribution in [0.1, 0.15) is 37.9 Å². The van der Waals surface area contributed by atoms with Crippen LogP contribution < -0.4 is 11.3 Å². The molecule has 1 aromatic carbocycles. The molecule has 2 aromatic rings. The van der Waals surface area contributed by atoms with Crippen LogP contribution in [0.25, 0.3) is 10.9 Å². The minimum absolute atomic E-state index is 0.105. The summed E-state index contributed by atoms with van der Waals surface area (Å²) in [6.07, 6.45) is -3.57. The molecule has 3 atom stereocenters. The van der Waals surface area contributed by atoms with Crippen molar-refractivity contribution in [3.05, 3.63) is 34.3 Å². The van der Waals surface area contributed by atoms with Crippen molar-refractivity contribution in [3.63, 3.8) is 0 Å². The molecule has 2 N–H and O–H groups in total. The van der Waals surface area contributed by atoms with Crippen molar-refractivity contribution >= 4 is 28.2 Å². The highest BCUT2D eigenvalue weighted by Crippen LogP contribution is 2.24. The molecule has 0 radical (unpaired) electrons. The van der Waals surface area contributed by atoms with Gasteiger partial charge in [0.1, 0.15) is 11.6 Å². The van der Waals surface area contributed by atoms with E-state index in [0.29, 0.717) is 0 Å². The lowest BCUT2D eigenvalue weighted by atomic mass is 9.92. The summed E-state index contributed by atoms with van der Waals surface area (Å²) in [5, 5.41) is -0.179. The van der Waals surface area contributed by atoms with Crippen molar-refractivity contribution in [2.45, 2.75) is 32.2 Å². The maximum Gasteiger partial charge on any atom is 0.264 e. The third-order valence-electron chi connectivity index (χ3n) is 3.32. The predicted octanol–water partition coefficient (Wildman–Crippen LogP) is 1.15. The largest absolute Gasteiger partial charge is 0.398 e. The fourth-order valence-corrected chi connectivity index (χ4v) is 2.34. The zero-order valence-electron chi connectivity index (χ0n) is 15.9. The highest BCUT2D eigenvalue weighted by molar-refractivity contribution is 6.03. The van der Waals surface area contributed by atoms with Gasteiger partial charge in [-0.3, -0.25) is 19.0 Å². The molecule has 0 bridgehead atoms. The smallest absolute Gasteiger partial charge is 0.264 e. The van der Waals surface area contributed by atoms with E-state index >= 15 is 0 Å². The second kappa shape index (κ2) is 4.80. The first-order valence-corrected chi connectivity index (χ1v) is 6.19. The zero-order chi connectivity index (χ0) is 19.3. The van der Waals surface area contributed by atoms with Crippen LogP contribution in [0.5, 0.6) is 0 Å². The number of aromatic nitrogens is 2. The molecule has 0 saturated heterocycles. The molecule has 6 heteroatoms. The van der Waals surface area contributed by atoms with Gasteiger partial charge in [-0.2, -0.15) is 0 Å². The summed E-state index contributed by atoms with van der Waals surface area (Å²) in [7, 11) is 0. The van der Waals surface area contributed by atoms with Gasteiger partial charge >= 0.3 is 0 Å². The lowest BCUT2D eigenvalue weighted by molar-refractivity contribution is -0.132. The van der Waals surface area contributed by atoms with Crippen molar-refractivity contribution in [1.82, 2.24) is 9.55 Å². The van der Waals surface area contributed by atoms with Gasteiger partial charge in [-0.1, -0.05) is 6.04 Å². The van der Waals surface area contributed by atoms with Gasteiger partial charge in [0.25, 0.3) is 5.56 Å². The van der Waals surface area contributed by atoms with Gasteiger partial charge in [-0.15, -0.1) is 0 Å². The fourth-order valence-electron chi connectivity index (χ4n) is 2.34. The molecule has 1 saturated carbocycles. The molecule has 1 aromatic heterocycles. The Morgan fingerprint density at radius 1 is 1.52 bits per heavy atom. The lowest BCUT2D eigenvalue weighted by Gasteiger charge is -2.24. The molecule has 6 nitrogen and oxygen atoms in total. The van der Waals surface area contributed by atoms with Crippen LogP contribution in [-0.2, 0) is 9.59 Å². The Balaban J connectivity index is 2.37. The number of nitrogens with zero attached hydrogens (tertiary/aromatic N) is 2. The van der Waals surface area contributed by atoms with Crippen molar-refractivity contribution < 1.29 is 16.4 Å². The van der Waals surface area contributed by atoms with Gasteiger partial charge in [-0.25, -0.2) is 4.98 Å². The number of hydrogen-bond donors (Lipinski definition) is 1. The molecule has 3 unspecified atom stereocenters. The number of hydrogen-bond acceptors (Lipinski definition) is 5. The first-order valence-electron chi connectivity index (χ1n) is 9.05. The SMILES string of the molecule is [2H]Cc1nc2c([2H])c([2H])cc(N)c2c(=O)n1C1C(=O)CC(=O)C([2H])C1[2H]. The number of fused-ring (bicyclic) bond motifs is 1. The Kier molecular flexibility index (Phi) is 1.99. The molecule has 1 aliphatic carbocycles. The number of aryl methyl sites for hydroxylation is 1. The van der Waals surface area contributed by atoms with E-state index in [-0.39, 0.29) is 34.5 Å². The summed E-state index contributed by atoms with van der Waals surface area (Å²) in [5.41, 5.74) is 4.73. The predicted molar refractivity (Wildman–Crippen MR) is 78.1 cm³/mol. The molecule has 108 valence electrons. The molecule has 1 heterocycles. The quantitative estimate of drug-likeness (QED) is 0.628. The topological polar surface area (TPSA) is 95.0 Å². The minimum Gasteiger partial charge on any atom is -0.398 e. The number of nitrogens with two attached hydrogens (primary N) is 1. The Hall–Kier alpha value is -2.50. The number of carbonyl (C=O) groups excluding carboxylic acids is 2. The summed E-state index contributed by atoms with van der Waals surface area (Å²) in [6.45, 7) is -0.528. The number of Topliss-reactive ketones (excluding diaryl/α,β-unsaturated/α-hetero) is 2. The zero-order valence-corrected chi connectivity index (χ0v) is 10.9. The normalized spacial score (nSPS) is 29.5. The standard InChI is InChI=1S/C15H15N3O3/c1-8-17-11-4-2-3-10(16)14(11)15(21)18(8)12-6-5-9(19)7-13(12)20/h2-4,12H,5-7,16H2,1H3/i1D,2D,4D,5D,6D. The number of nitrogen functional groups attached to an aromatic ring is 1. The summed E-state index contributed by atoms with van der Waals surface area (Å²) in [5.74, 6) is -1.57. The maximum absolute atomic E-state index is 13.0. The second-order valence-electron chi connectivity index (χ2n) is 4.71. The van der Waals surface area contributed by atoms with Gasteiger partial charge in [-0.05, 0) is 25.4 Å². The first kappa shape index (κ1) is 8.71. The van der Waals surface area contributed by atoms with Gasteiger partial charge < -0.3 is 5.73 Å². The average Bonchev–Trinajstić information content (AvgIpc) is 2.58. The van der Waals surface area contributed by atoms with Crippen LogP contribution in [-0.4, -0.2) is 21.1 Å². The van der Waals surface area contributed by atoms with E-state index in [1.54, 1.807) is 0 Å². The van der Waals surface area contributed by atoms with E-state index in [0.717, 1.165) is 10.6 Å². The third-order valence-corrected chi connectivity index (χ3v) is 3.32. The van der Waals surface area contributed by atoms with Crippen LogP contribution >= 0.6 is 0 Å². The Morgan fingerprint density at radius 3 is 3.10 bits per heavy atom. The van der Waals surface area contributed by atoms with E-state index in [9.17, 15) is 14.4 Å². The Morgan fingerprint density at radius 2 is 2.33 bits per heavy atom. The van der Waals surface area contributed by atoms with Gasteiger partial charge in [0.05, 0.1) is 26.1 Å². The molecule has 0 amide bonds. The average molecular weight is 290 g/mol. The van der Waals surface area contributed by atoms with Gasteiger partial charge in [0.2, 0.25) is 0 Å². The summed E-state index contributed by atoms with van der Waals surface area (Å²) >= 11 is 0. The van der Waals surface area contributed by atoms with E-state index in [4.69, 9.17) is 12.6 Å². The van der Waals surface area contributed by atoms with Crippen molar-refractivity contribution in [2.75, 3.05) is 5.73 Å². The van der Waals surface area contributed by atoms with Crippen LogP contribution in [0.3, 0.4) is 0 Å². The summed E-state index contributed by atoms with van der Waals surface area (Å²) < 4.78 is 39.9. The first-order chi connectivity index (χ1) is 12.2. The van der Waals surface area contributed by atoms with Crippen molar-refractivity contribution in [3.8, 4) is 0 Å². The van der Waals surface area contributed by atoms with E-state index in [2.05, 4.69) is 4.98 Å². The van der Waals surface area contributed by atoms with Crippen molar-refractivity contribution in [2.24, 2.45) is 0 Å². The Labute approximate surface area is 127 Å². The van der Waals surface area contributed by atoms with E-state index in [1.807, 2.05) is 0 Å². The molecule has 21 heavy (non-hydrogen) atoms. The molecular weight excluding hydrogens is 270 g/mol. The maximum atomic E-state index is 13.0. The molecule has 0 spiro atoms. The monoisotopic (exact) mass is 290 g/mol. The third kappa shape index (κ3) is 2.12. The molecule has 1 fully saturated rings. The summed E-state index contributed by atoms with van der Waals surface area (Å²) in [4.78, 5) is 41.1. The van der Waals surface area contributed by atoms with E-state index < -0.39 is 49.3 Å². The number of carbonyl (C=O) groups is 2. The number of benzene rings is 1. The Bertz CT molecular complexity index is 1010. The second-order valence-corrected chi connectivity index (χ2v) is 4.71. The summed E-state index contributed by atoms with van der Waals surface area (Å²) in [6, 6.07) is -0.876. The number of anilines is 1. The van der Waals surface area contributed by atoms with E-state index in [1.165, 1.54) is 0 Å². The fraction of sp³-hybridized carbons (Fsp3) is 0.333. The van der Waals surface area contributed by atoms with Gasteiger partial charge in [0.15, 0.2) is 5.78 Å². The lowest BCUT2D eigenvalue weighted by Crippen LogP contribution is -2.36. The van der Waals surface area contributed by atoms with Crippen LogP contribution in [0.4, 0.5) is 5.69 Å². The van der Waals surface area contributed by atoms with Gasteiger partial charge in [0, 0.05) is 16.2 Å². The highest BCUT2D eigenvalue weighted by atomic mass is 16.2. The van der Waals surface area contributed by atoms with Crippen LogP contribution in [0.2, 0.25) is 0 Å². The molecule has 1 aliphatic rings. The molecule has 3 rings (SSSR count). The van der Waals surface area contributed by atoms with Crippen molar-refractivity contribution in [1.29, 1.82) is 0 Å². The number of rotatable bonds is 1. The van der Waals surface area contributed by atoms with Crippen LogP contribution in [0.15, 0.2) is 22.9 Å². The molecule has 0 aliphatic heterocycles. The minimum atomic E-state index is -1.52. The molecular formula is C15H15N3O3.